The zero-order valence-electron chi connectivity index (χ0n) is 27.8. The van der Waals surface area contributed by atoms with Gasteiger partial charge in [0.15, 0.2) is 0 Å². The van der Waals surface area contributed by atoms with Crippen LogP contribution in [-0.2, 0) is 14.3 Å². The molecule has 0 N–H and O–H groups in total. The molecule has 0 aromatic heterocycles. The highest BCUT2D eigenvalue weighted by atomic mass is 16.5. The van der Waals surface area contributed by atoms with E-state index in [1.165, 1.54) is 7.11 Å². The third kappa shape index (κ3) is 8.91. The fraction of sp³-hybridized carbons (Fsp3) is 0.444. The van der Waals surface area contributed by atoms with Crippen LogP contribution in [0.15, 0.2) is 93.3 Å². The van der Waals surface area contributed by atoms with E-state index in [1.807, 2.05) is 109 Å². The number of nitrogens with zero attached hydrogens (tertiary/aromatic N) is 4. The monoisotopic (exact) mass is 598 g/mol. The highest BCUT2D eigenvalue weighted by molar-refractivity contribution is 5.80. The van der Waals surface area contributed by atoms with Gasteiger partial charge in [-0.3, -0.25) is 9.59 Å². The maximum Gasteiger partial charge on any atom is 0.317 e. The Balaban J connectivity index is 1.72. The lowest BCUT2D eigenvalue weighted by atomic mass is 9.58. The van der Waals surface area contributed by atoms with Gasteiger partial charge in [-0.1, -0.05) is 52.8 Å². The Morgan fingerprint density at radius 2 is 1.11 bits per heavy atom. The molecule has 0 heterocycles. The second-order valence-electron chi connectivity index (χ2n) is 14.1. The molecule has 3 rings (SSSR count). The number of carbonyl (C=O) groups is 2. The number of hydrogen-bond acceptors (Lipinski definition) is 8. The van der Waals surface area contributed by atoms with E-state index in [0.29, 0.717) is 35.7 Å². The number of methoxy groups -OCH3 is 1. The molecule has 0 aliphatic carbocycles. The van der Waals surface area contributed by atoms with Gasteiger partial charge in [-0.25, -0.2) is 0 Å². The summed E-state index contributed by atoms with van der Waals surface area (Å²) in [6.07, 6.45) is 1.09. The number of aryl methyl sites for hydroxylation is 1. The van der Waals surface area contributed by atoms with Gasteiger partial charge in [0.25, 0.3) is 0 Å². The van der Waals surface area contributed by atoms with Crippen molar-refractivity contribution in [1.82, 2.24) is 0 Å². The van der Waals surface area contributed by atoms with Gasteiger partial charge in [-0.15, -0.1) is 0 Å². The Labute approximate surface area is 262 Å². The Bertz CT molecular complexity index is 1500. The van der Waals surface area contributed by atoms with Crippen molar-refractivity contribution in [3.63, 3.8) is 0 Å². The van der Waals surface area contributed by atoms with E-state index < -0.39 is 16.2 Å². The maximum absolute atomic E-state index is 13.8. The lowest BCUT2D eigenvalue weighted by Crippen LogP contribution is -2.47. The molecule has 8 nitrogen and oxygen atoms in total. The summed E-state index contributed by atoms with van der Waals surface area (Å²) in [5.41, 5.74) is 1.32. The molecule has 0 aliphatic rings. The number of azo groups is 2. The molecule has 0 saturated heterocycles. The number of rotatable bonds is 11. The maximum atomic E-state index is 13.8. The number of esters is 2. The molecule has 0 radical (unpaired) electrons. The third-order valence-corrected chi connectivity index (χ3v) is 8.13. The minimum absolute atomic E-state index is 0.263. The number of hydrogen-bond donors (Lipinski definition) is 0. The van der Waals surface area contributed by atoms with E-state index >= 15 is 0 Å². The summed E-state index contributed by atoms with van der Waals surface area (Å²) in [5, 5.41) is 17.2. The van der Waals surface area contributed by atoms with E-state index in [0.717, 1.165) is 11.3 Å². The van der Waals surface area contributed by atoms with Crippen molar-refractivity contribution < 1.29 is 19.1 Å². The summed E-state index contributed by atoms with van der Waals surface area (Å²) in [7, 11) is 1.40. The first-order chi connectivity index (χ1) is 20.5. The molecule has 0 amide bonds. The molecular weight excluding hydrogens is 552 g/mol. The average molecular weight is 599 g/mol. The Hall–Kier alpha value is -4.20. The predicted molar refractivity (Wildman–Crippen MR) is 174 cm³/mol. The zero-order valence-corrected chi connectivity index (χ0v) is 27.8. The molecule has 1 atom stereocenters. The molecule has 3 aromatic rings. The van der Waals surface area contributed by atoms with E-state index in [2.05, 4.69) is 34.3 Å². The Morgan fingerprint density at radius 3 is 1.59 bits per heavy atom. The number of benzene rings is 3. The molecule has 234 valence electrons. The molecule has 0 aliphatic heterocycles. The first-order valence-electron chi connectivity index (χ1n) is 14.9. The van der Waals surface area contributed by atoms with Crippen LogP contribution < -0.4 is 4.74 Å². The van der Waals surface area contributed by atoms with Crippen LogP contribution in [0, 0.1) is 28.6 Å². The van der Waals surface area contributed by atoms with Crippen molar-refractivity contribution in [2.45, 2.75) is 75.2 Å². The van der Waals surface area contributed by atoms with Crippen LogP contribution >= 0.6 is 0 Å². The van der Waals surface area contributed by atoms with Gasteiger partial charge >= 0.3 is 11.9 Å². The Kier molecular flexibility index (Phi) is 10.6. The smallest absolute Gasteiger partial charge is 0.317 e. The van der Waals surface area contributed by atoms with Gasteiger partial charge < -0.3 is 9.47 Å². The van der Waals surface area contributed by atoms with Crippen LogP contribution in [0.2, 0.25) is 0 Å². The van der Waals surface area contributed by atoms with E-state index in [-0.39, 0.29) is 17.4 Å². The number of carbonyl (C=O) groups excluding carboxylic acids is 2. The minimum Gasteiger partial charge on any atom is -0.469 e. The highest BCUT2D eigenvalue weighted by Crippen LogP contribution is 2.51. The normalized spacial score (nSPS) is 14.0. The average Bonchev–Trinajstić information content (AvgIpc) is 2.95. The molecule has 44 heavy (non-hydrogen) atoms. The fourth-order valence-electron chi connectivity index (χ4n) is 5.54. The van der Waals surface area contributed by atoms with E-state index in [9.17, 15) is 9.59 Å². The summed E-state index contributed by atoms with van der Waals surface area (Å²) >= 11 is 0. The van der Waals surface area contributed by atoms with Crippen molar-refractivity contribution >= 4 is 34.7 Å². The summed E-state index contributed by atoms with van der Waals surface area (Å²) in [5.74, 6) is -0.0954. The second-order valence-corrected chi connectivity index (χ2v) is 14.1. The van der Waals surface area contributed by atoms with Crippen LogP contribution in [0.5, 0.6) is 5.75 Å². The molecule has 0 bridgehead atoms. The van der Waals surface area contributed by atoms with Crippen molar-refractivity contribution in [2.75, 3.05) is 7.11 Å². The summed E-state index contributed by atoms with van der Waals surface area (Å²) in [4.78, 5) is 26.2. The van der Waals surface area contributed by atoms with Crippen LogP contribution in [0.25, 0.3) is 0 Å². The largest absolute Gasteiger partial charge is 0.469 e. The van der Waals surface area contributed by atoms with Crippen LogP contribution in [0.1, 0.15) is 73.8 Å². The molecule has 3 aromatic carbocycles. The minimum atomic E-state index is -0.833. The fourth-order valence-corrected chi connectivity index (χ4v) is 5.54. The highest BCUT2D eigenvalue weighted by Gasteiger charge is 2.50. The second kappa shape index (κ2) is 13.6. The van der Waals surface area contributed by atoms with E-state index in [1.54, 1.807) is 12.1 Å². The first-order valence-corrected chi connectivity index (χ1v) is 14.9. The van der Waals surface area contributed by atoms with Gasteiger partial charge in [0.1, 0.15) is 5.75 Å². The van der Waals surface area contributed by atoms with Gasteiger partial charge in [-0.05, 0) is 112 Å². The first kappa shape index (κ1) is 34.3. The summed E-state index contributed by atoms with van der Waals surface area (Å²) < 4.78 is 11.1. The van der Waals surface area contributed by atoms with Gasteiger partial charge in [0.05, 0.1) is 40.7 Å². The van der Waals surface area contributed by atoms with Gasteiger partial charge in [-0.2, -0.15) is 20.5 Å². The molecule has 0 fully saturated rings. The topological polar surface area (TPSA) is 102 Å². The standard InChI is InChI=1S/C36H46N4O4/c1-25-22-29(40-39-28-18-16-27(17-19-28)38-37-26-14-12-11-13-15-26)20-21-30(25)44-32(42)36(9,33(2,3)4)24-34(5,6)23-35(7,8)31(41)43-10/h11-22H,23-24H2,1-10H3. The van der Waals surface area contributed by atoms with Crippen LogP contribution in [-0.4, -0.2) is 19.0 Å². The van der Waals surface area contributed by atoms with Crippen LogP contribution in [0.4, 0.5) is 22.7 Å². The lowest BCUT2D eigenvalue weighted by Gasteiger charge is -2.45. The van der Waals surface area contributed by atoms with Crippen molar-refractivity contribution in [3.8, 4) is 5.75 Å². The summed E-state index contributed by atoms with van der Waals surface area (Å²) in [6, 6.07) is 22.2. The van der Waals surface area contributed by atoms with Gasteiger partial charge in [0, 0.05) is 0 Å². The molecule has 0 saturated carbocycles. The van der Waals surface area contributed by atoms with E-state index in [4.69, 9.17) is 9.47 Å². The predicted octanol–water partition coefficient (Wildman–Crippen LogP) is 10.8. The summed E-state index contributed by atoms with van der Waals surface area (Å²) in [6.45, 7) is 17.9. The third-order valence-electron chi connectivity index (χ3n) is 8.13. The lowest BCUT2D eigenvalue weighted by molar-refractivity contribution is -0.157. The van der Waals surface area contributed by atoms with Crippen molar-refractivity contribution in [1.29, 1.82) is 0 Å². The zero-order chi connectivity index (χ0) is 32.8. The molecular formula is C36H46N4O4. The molecule has 0 spiro atoms. The van der Waals surface area contributed by atoms with Gasteiger partial charge in [0.2, 0.25) is 0 Å². The SMILES string of the molecule is COC(=O)C(C)(C)CC(C)(C)CC(C)(C(=O)Oc1ccc(N=Nc2ccc(N=Nc3ccccc3)cc2)cc1C)C(C)(C)C. The Morgan fingerprint density at radius 1 is 0.636 bits per heavy atom. The van der Waals surface area contributed by atoms with Crippen molar-refractivity contribution in [3.05, 3.63) is 78.4 Å². The number of ether oxygens (including phenoxy) is 2. The molecule has 1 unspecified atom stereocenters. The molecule has 8 heteroatoms. The van der Waals surface area contributed by atoms with Crippen LogP contribution in [0.3, 0.4) is 0 Å². The van der Waals surface area contributed by atoms with Crippen molar-refractivity contribution in [2.24, 2.45) is 42.1 Å². The quantitative estimate of drug-likeness (QED) is 0.124.